The highest BCUT2D eigenvalue weighted by Crippen LogP contribution is 2.35. The van der Waals surface area contributed by atoms with Gasteiger partial charge in [-0.2, -0.15) is 0 Å². The Bertz CT molecular complexity index is 827. The summed E-state index contributed by atoms with van der Waals surface area (Å²) < 4.78 is 31.2. The number of aromatic nitrogens is 2. The minimum absolute atomic E-state index is 0.0627. The Hall–Kier alpha value is -2.90. The van der Waals surface area contributed by atoms with Crippen LogP contribution in [0, 0.1) is 0 Å². The van der Waals surface area contributed by atoms with E-state index >= 15 is 0 Å². The second-order valence-electron chi connectivity index (χ2n) is 5.51. The van der Waals surface area contributed by atoms with Crippen LogP contribution in [0.1, 0.15) is 35.3 Å². The van der Waals surface area contributed by atoms with E-state index in [1.807, 2.05) is 0 Å². The number of anilines is 1. The molecule has 0 atom stereocenters. The van der Waals surface area contributed by atoms with Gasteiger partial charge in [0.25, 0.3) is 6.43 Å². The number of alkyl halides is 2. The molecule has 1 aliphatic heterocycles. The Balaban J connectivity index is 2.16. The van der Waals surface area contributed by atoms with E-state index in [9.17, 15) is 18.4 Å². The van der Waals surface area contributed by atoms with Crippen molar-refractivity contribution >= 4 is 18.0 Å². The zero-order chi connectivity index (χ0) is 18.0. The summed E-state index contributed by atoms with van der Waals surface area (Å²) in [6, 6.07) is 2.72. The van der Waals surface area contributed by atoms with E-state index in [0.717, 1.165) is 6.42 Å². The molecule has 1 aliphatic rings. The number of ether oxygens (including phenoxy) is 1. The van der Waals surface area contributed by atoms with Gasteiger partial charge >= 0.3 is 0 Å². The molecule has 0 radical (unpaired) electrons. The SMILES string of the molecule is COc1cnc(C(F)F)cc1-c1cc(N2CCCC2=O)ncc1C=O. The summed E-state index contributed by atoms with van der Waals surface area (Å²) in [5, 5.41) is 0. The highest BCUT2D eigenvalue weighted by atomic mass is 19.3. The lowest BCUT2D eigenvalue weighted by atomic mass is 10.0. The molecule has 1 fully saturated rings. The molecular formula is C17H15F2N3O3. The molecule has 0 N–H and O–H groups in total. The number of pyridine rings is 2. The minimum atomic E-state index is -2.76. The first-order valence-corrected chi connectivity index (χ1v) is 7.63. The van der Waals surface area contributed by atoms with Gasteiger partial charge in [0.05, 0.1) is 13.3 Å². The number of rotatable bonds is 5. The summed E-state index contributed by atoms with van der Waals surface area (Å²) in [5.41, 5.74) is 0.439. The van der Waals surface area contributed by atoms with Crippen LogP contribution in [0.3, 0.4) is 0 Å². The molecule has 2 aromatic heterocycles. The monoisotopic (exact) mass is 347 g/mol. The molecule has 130 valence electrons. The Morgan fingerprint density at radius 1 is 1.24 bits per heavy atom. The van der Waals surface area contributed by atoms with Crippen molar-refractivity contribution in [3.63, 3.8) is 0 Å². The largest absolute Gasteiger partial charge is 0.494 e. The van der Waals surface area contributed by atoms with Gasteiger partial charge in [-0.25, -0.2) is 13.8 Å². The zero-order valence-electron chi connectivity index (χ0n) is 13.4. The van der Waals surface area contributed by atoms with Gasteiger partial charge in [0.2, 0.25) is 5.91 Å². The molecule has 3 rings (SSSR count). The smallest absolute Gasteiger partial charge is 0.280 e. The maximum atomic E-state index is 13.0. The number of hydrogen-bond donors (Lipinski definition) is 0. The van der Waals surface area contributed by atoms with Gasteiger partial charge in [0.1, 0.15) is 17.3 Å². The number of hydrogen-bond acceptors (Lipinski definition) is 5. The first kappa shape index (κ1) is 16.9. The molecule has 6 nitrogen and oxygen atoms in total. The second-order valence-corrected chi connectivity index (χ2v) is 5.51. The summed E-state index contributed by atoms with van der Waals surface area (Å²) in [6.07, 6.45) is 1.49. The summed E-state index contributed by atoms with van der Waals surface area (Å²) in [5.74, 6) is 0.560. The summed E-state index contributed by atoms with van der Waals surface area (Å²) >= 11 is 0. The van der Waals surface area contributed by atoms with Gasteiger partial charge in [-0.3, -0.25) is 19.5 Å². The molecule has 0 bridgehead atoms. The predicted octanol–water partition coefficient (Wildman–Crippen LogP) is 3.03. The van der Waals surface area contributed by atoms with E-state index in [1.54, 1.807) is 6.07 Å². The normalized spacial score (nSPS) is 14.2. The molecule has 0 aromatic carbocycles. The molecule has 1 saturated heterocycles. The highest BCUT2D eigenvalue weighted by Gasteiger charge is 2.24. The number of aldehydes is 1. The van der Waals surface area contributed by atoms with Crippen molar-refractivity contribution in [2.45, 2.75) is 19.3 Å². The average Bonchev–Trinajstić information content (AvgIpc) is 3.06. The Labute approximate surface area is 142 Å². The summed E-state index contributed by atoms with van der Waals surface area (Å²) in [7, 11) is 1.38. The van der Waals surface area contributed by atoms with Crippen LogP contribution in [0.4, 0.5) is 14.6 Å². The Kier molecular flexibility index (Phi) is 4.69. The summed E-state index contributed by atoms with van der Waals surface area (Å²) in [6.45, 7) is 0.529. The van der Waals surface area contributed by atoms with E-state index in [2.05, 4.69) is 9.97 Å². The van der Waals surface area contributed by atoms with E-state index in [1.165, 1.54) is 30.5 Å². The zero-order valence-corrected chi connectivity index (χ0v) is 13.4. The van der Waals surface area contributed by atoms with Crippen molar-refractivity contribution < 1.29 is 23.1 Å². The van der Waals surface area contributed by atoms with Gasteiger partial charge in [0.15, 0.2) is 6.29 Å². The molecule has 2 aromatic rings. The maximum absolute atomic E-state index is 13.0. The number of carbonyl (C=O) groups is 2. The highest BCUT2D eigenvalue weighted by molar-refractivity contribution is 5.96. The van der Waals surface area contributed by atoms with Crippen LogP contribution >= 0.6 is 0 Å². The quantitative estimate of drug-likeness (QED) is 0.778. The van der Waals surface area contributed by atoms with E-state index in [-0.39, 0.29) is 17.2 Å². The Morgan fingerprint density at radius 2 is 2.04 bits per heavy atom. The minimum Gasteiger partial charge on any atom is -0.494 e. The molecule has 0 aliphatic carbocycles. The average molecular weight is 347 g/mol. The van der Waals surface area contributed by atoms with Gasteiger partial charge in [-0.05, 0) is 18.6 Å². The number of nitrogens with zero attached hydrogens (tertiary/aromatic N) is 3. The fourth-order valence-electron chi connectivity index (χ4n) is 2.77. The van der Waals surface area contributed by atoms with E-state index < -0.39 is 12.1 Å². The number of carbonyl (C=O) groups excluding carboxylic acids is 2. The van der Waals surface area contributed by atoms with Crippen LogP contribution in [0.15, 0.2) is 24.5 Å². The van der Waals surface area contributed by atoms with E-state index in [0.29, 0.717) is 36.2 Å². The lowest BCUT2D eigenvalue weighted by Crippen LogP contribution is -2.24. The van der Waals surface area contributed by atoms with Gasteiger partial charge in [-0.15, -0.1) is 0 Å². The standard InChI is InChI=1S/C17H15F2N3O3/c1-25-14-8-20-13(17(18)19)5-12(14)11-6-15(21-7-10(11)9-23)22-4-2-3-16(22)24/h5-9,17H,2-4H2,1H3. The number of amides is 1. The number of methoxy groups -OCH3 is 1. The van der Waals surface area contributed by atoms with Crippen molar-refractivity contribution in [1.29, 1.82) is 0 Å². The van der Waals surface area contributed by atoms with Crippen molar-refractivity contribution in [2.75, 3.05) is 18.6 Å². The molecule has 25 heavy (non-hydrogen) atoms. The van der Waals surface area contributed by atoms with Crippen molar-refractivity contribution in [3.8, 4) is 16.9 Å². The lowest BCUT2D eigenvalue weighted by molar-refractivity contribution is -0.117. The van der Waals surface area contributed by atoms with Crippen molar-refractivity contribution in [3.05, 3.63) is 35.8 Å². The third kappa shape index (κ3) is 3.19. The number of halogens is 2. The third-order valence-electron chi connectivity index (χ3n) is 4.02. The maximum Gasteiger partial charge on any atom is 0.280 e. The van der Waals surface area contributed by atoms with Crippen LogP contribution in [0.2, 0.25) is 0 Å². The Morgan fingerprint density at radius 3 is 2.64 bits per heavy atom. The first-order valence-electron chi connectivity index (χ1n) is 7.63. The lowest BCUT2D eigenvalue weighted by Gasteiger charge is -2.17. The van der Waals surface area contributed by atoms with Crippen LogP contribution in [-0.4, -0.2) is 35.8 Å². The van der Waals surface area contributed by atoms with Crippen molar-refractivity contribution in [2.24, 2.45) is 0 Å². The predicted molar refractivity (Wildman–Crippen MR) is 86.0 cm³/mol. The van der Waals surface area contributed by atoms with Gasteiger partial charge in [0, 0.05) is 35.9 Å². The molecule has 1 amide bonds. The molecular weight excluding hydrogens is 332 g/mol. The van der Waals surface area contributed by atoms with Crippen LogP contribution in [-0.2, 0) is 4.79 Å². The fraction of sp³-hybridized carbons (Fsp3) is 0.294. The van der Waals surface area contributed by atoms with Crippen LogP contribution in [0.5, 0.6) is 5.75 Å². The third-order valence-corrected chi connectivity index (χ3v) is 4.02. The second kappa shape index (κ2) is 6.92. The van der Waals surface area contributed by atoms with Crippen LogP contribution in [0.25, 0.3) is 11.1 Å². The molecule has 0 unspecified atom stereocenters. The van der Waals surface area contributed by atoms with Crippen molar-refractivity contribution in [1.82, 2.24) is 9.97 Å². The van der Waals surface area contributed by atoms with Crippen LogP contribution < -0.4 is 9.64 Å². The fourth-order valence-corrected chi connectivity index (χ4v) is 2.77. The summed E-state index contributed by atoms with van der Waals surface area (Å²) in [4.78, 5) is 32.6. The van der Waals surface area contributed by atoms with Gasteiger partial charge < -0.3 is 4.74 Å². The molecule has 0 spiro atoms. The topological polar surface area (TPSA) is 72.4 Å². The van der Waals surface area contributed by atoms with Gasteiger partial charge in [-0.1, -0.05) is 0 Å². The molecule has 8 heteroatoms. The molecule has 0 saturated carbocycles. The first-order chi connectivity index (χ1) is 12.0. The van der Waals surface area contributed by atoms with E-state index in [4.69, 9.17) is 4.74 Å². The molecule has 3 heterocycles.